The first-order chi connectivity index (χ1) is 20.3. The third kappa shape index (κ3) is 5.18. The maximum absolute atomic E-state index is 13.3. The second-order valence-corrected chi connectivity index (χ2v) is 10.9. The summed E-state index contributed by atoms with van der Waals surface area (Å²) in [6.45, 7) is 1.79. The van der Waals surface area contributed by atoms with Crippen LogP contribution in [-0.4, -0.2) is 82.9 Å². The van der Waals surface area contributed by atoms with Gasteiger partial charge < -0.3 is 25.0 Å². The number of benzene rings is 2. The number of piperidine rings is 1. The van der Waals surface area contributed by atoms with Crippen LogP contribution in [0.5, 0.6) is 5.75 Å². The number of anilines is 1. The molecule has 3 aromatic rings. The molecule has 6 rings (SSSR count). The van der Waals surface area contributed by atoms with Crippen molar-refractivity contribution in [1.82, 2.24) is 14.8 Å². The molecule has 3 aliphatic heterocycles. The van der Waals surface area contributed by atoms with Gasteiger partial charge >= 0.3 is 0 Å². The van der Waals surface area contributed by atoms with E-state index < -0.39 is 6.10 Å². The Balaban J connectivity index is 1.16. The molecule has 0 saturated carbocycles. The van der Waals surface area contributed by atoms with Crippen molar-refractivity contribution in [2.45, 2.75) is 31.4 Å². The van der Waals surface area contributed by atoms with E-state index in [0.29, 0.717) is 51.5 Å². The SMILES string of the molecule is CN1CCC(N2C(=O)c3cc4c(cc3C2=O)N=C(c2c(NCC(O)COc3ccc(C#N)cc3)cc[nH]c2=O)C4)CC1. The lowest BCUT2D eigenvalue weighted by Gasteiger charge is -2.33. The number of aliphatic hydroxyl groups is 1. The minimum absolute atomic E-state index is 0.00595. The number of fused-ring (bicyclic) bond motifs is 2. The second kappa shape index (κ2) is 11.2. The Morgan fingerprint density at radius 1 is 1.12 bits per heavy atom. The Labute approximate surface area is 242 Å². The molecule has 2 amide bonds. The van der Waals surface area contributed by atoms with Crippen molar-refractivity contribution in [3.8, 4) is 11.8 Å². The highest BCUT2D eigenvalue weighted by molar-refractivity contribution is 6.22. The normalized spacial score (nSPS) is 17.5. The molecule has 4 heterocycles. The van der Waals surface area contributed by atoms with E-state index >= 15 is 0 Å². The van der Waals surface area contributed by atoms with E-state index in [0.717, 1.165) is 31.5 Å². The van der Waals surface area contributed by atoms with Crippen LogP contribution in [0.2, 0.25) is 0 Å². The predicted octanol–water partition coefficient (Wildman–Crippen LogP) is 2.47. The van der Waals surface area contributed by atoms with Gasteiger partial charge in [-0.25, -0.2) is 0 Å². The molecular formula is C31H30N6O5. The molecule has 1 atom stereocenters. The number of pyridine rings is 1. The third-order valence-electron chi connectivity index (χ3n) is 7.99. The number of amides is 2. The van der Waals surface area contributed by atoms with Crippen LogP contribution in [0.4, 0.5) is 11.4 Å². The number of imide groups is 1. The molecule has 0 spiro atoms. The molecule has 1 fully saturated rings. The van der Waals surface area contributed by atoms with Crippen molar-refractivity contribution >= 4 is 28.9 Å². The van der Waals surface area contributed by atoms with Gasteiger partial charge in [-0.15, -0.1) is 0 Å². The Morgan fingerprint density at radius 2 is 1.83 bits per heavy atom. The van der Waals surface area contributed by atoms with E-state index in [2.05, 4.69) is 15.2 Å². The number of nitrogens with one attached hydrogen (secondary N) is 2. The van der Waals surface area contributed by atoms with Gasteiger partial charge in [0.05, 0.1) is 45.4 Å². The van der Waals surface area contributed by atoms with E-state index in [-0.39, 0.29) is 36.6 Å². The fourth-order valence-corrected chi connectivity index (χ4v) is 5.70. The average Bonchev–Trinajstić information content (AvgIpc) is 3.51. The van der Waals surface area contributed by atoms with Crippen LogP contribution in [0, 0.1) is 11.3 Å². The molecule has 11 heteroatoms. The van der Waals surface area contributed by atoms with Gasteiger partial charge in [-0.2, -0.15) is 5.26 Å². The van der Waals surface area contributed by atoms with Gasteiger partial charge in [0.25, 0.3) is 17.4 Å². The summed E-state index contributed by atoms with van der Waals surface area (Å²) < 4.78 is 5.61. The van der Waals surface area contributed by atoms with E-state index in [9.17, 15) is 19.5 Å². The highest BCUT2D eigenvalue weighted by Crippen LogP contribution is 2.37. The Bertz CT molecular complexity index is 1680. The number of carbonyl (C=O) groups excluding carboxylic acids is 2. The molecule has 3 aliphatic rings. The predicted molar refractivity (Wildman–Crippen MR) is 156 cm³/mol. The van der Waals surface area contributed by atoms with Gasteiger partial charge in [0.1, 0.15) is 18.5 Å². The highest BCUT2D eigenvalue weighted by atomic mass is 16.5. The zero-order valence-corrected chi connectivity index (χ0v) is 23.1. The lowest BCUT2D eigenvalue weighted by atomic mass is 10.00. The maximum atomic E-state index is 13.3. The monoisotopic (exact) mass is 566 g/mol. The lowest BCUT2D eigenvalue weighted by molar-refractivity contribution is 0.0516. The summed E-state index contributed by atoms with van der Waals surface area (Å²) in [5.74, 6) is -0.0210. The van der Waals surface area contributed by atoms with Gasteiger partial charge in [-0.1, -0.05) is 0 Å². The molecule has 0 bridgehead atoms. The lowest BCUT2D eigenvalue weighted by Crippen LogP contribution is -2.46. The van der Waals surface area contributed by atoms with Crippen LogP contribution in [0.25, 0.3) is 0 Å². The standard InChI is InChI=1S/C31H30N6O5/c1-36-10-7-20(8-11-36)37-30(40)23-12-19-13-27(35-26(19)14-24(23)31(37)41)28-25(6-9-33-29(28)39)34-16-21(38)17-42-22-4-2-18(15-32)3-5-22/h2-6,9,12,14,20-21,38H,7-8,10-11,13,16-17H2,1H3,(H2,33,34,39). The van der Waals surface area contributed by atoms with Crippen LogP contribution < -0.4 is 15.6 Å². The van der Waals surface area contributed by atoms with Crippen molar-refractivity contribution < 1.29 is 19.4 Å². The molecule has 42 heavy (non-hydrogen) atoms. The summed E-state index contributed by atoms with van der Waals surface area (Å²) >= 11 is 0. The zero-order chi connectivity index (χ0) is 29.4. The van der Waals surface area contributed by atoms with Crippen LogP contribution in [0.15, 0.2) is 58.4 Å². The summed E-state index contributed by atoms with van der Waals surface area (Å²) in [4.78, 5) is 50.5. The molecule has 0 aliphatic carbocycles. The quantitative estimate of drug-likeness (QED) is 0.352. The number of aliphatic imine (C=N–C) groups is 1. The van der Waals surface area contributed by atoms with Crippen molar-refractivity contribution in [3.05, 3.63) is 86.8 Å². The van der Waals surface area contributed by atoms with Crippen LogP contribution in [0.3, 0.4) is 0 Å². The van der Waals surface area contributed by atoms with Crippen molar-refractivity contribution in [1.29, 1.82) is 5.26 Å². The molecule has 214 valence electrons. The minimum Gasteiger partial charge on any atom is -0.491 e. The Hall–Kier alpha value is -4.79. The van der Waals surface area contributed by atoms with E-state index in [1.807, 2.05) is 13.1 Å². The van der Waals surface area contributed by atoms with Crippen molar-refractivity contribution in [3.63, 3.8) is 0 Å². The number of likely N-dealkylation sites (tertiary alicyclic amines) is 1. The Kier molecular flexibility index (Phi) is 7.33. The van der Waals surface area contributed by atoms with E-state index in [4.69, 9.17) is 15.0 Å². The Morgan fingerprint density at radius 3 is 2.55 bits per heavy atom. The van der Waals surface area contributed by atoms with Crippen LogP contribution >= 0.6 is 0 Å². The number of rotatable bonds is 8. The van der Waals surface area contributed by atoms with Gasteiger partial charge in [-0.3, -0.25) is 24.3 Å². The summed E-state index contributed by atoms with van der Waals surface area (Å²) in [7, 11) is 2.04. The number of nitrogens with zero attached hydrogens (tertiary/aromatic N) is 4. The van der Waals surface area contributed by atoms with Crippen LogP contribution in [0.1, 0.15) is 50.2 Å². The molecule has 11 nitrogen and oxygen atoms in total. The number of carbonyl (C=O) groups is 2. The number of hydrogen-bond acceptors (Lipinski definition) is 9. The van der Waals surface area contributed by atoms with Gasteiger partial charge in [0.15, 0.2) is 0 Å². The molecule has 0 radical (unpaired) electrons. The zero-order valence-electron chi connectivity index (χ0n) is 23.1. The first kappa shape index (κ1) is 27.4. The number of H-pyrrole nitrogens is 1. The summed E-state index contributed by atoms with van der Waals surface area (Å²) in [6.07, 6.45) is 2.47. The minimum atomic E-state index is -0.886. The van der Waals surface area contributed by atoms with E-state index in [1.165, 1.54) is 11.1 Å². The van der Waals surface area contributed by atoms with Crippen molar-refractivity contribution in [2.75, 3.05) is 38.6 Å². The molecule has 3 N–H and O–H groups in total. The molecule has 2 aromatic carbocycles. The highest BCUT2D eigenvalue weighted by Gasteiger charge is 2.42. The number of ether oxygens (including phenoxy) is 1. The topological polar surface area (TPSA) is 151 Å². The fraction of sp³-hybridized carbons (Fsp3) is 0.323. The number of aromatic nitrogens is 1. The molecule has 1 saturated heterocycles. The second-order valence-electron chi connectivity index (χ2n) is 10.9. The van der Waals surface area contributed by atoms with Crippen molar-refractivity contribution in [2.24, 2.45) is 4.99 Å². The molecule has 1 aromatic heterocycles. The van der Waals surface area contributed by atoms with Gasteiger partial charge in [0, 0.05) is 25.2 Å². The van der Waals surface area contributed by atoms with Gasteiger partial charge in [-0.05, 0) is 81.0 Å². The summed E-state index contributed by atoms with van der Waals surface area (Å²) in [5.41, 5.74) is 3.60. The van der Waals surface area contributed by atoms with E-state index in [1.54, 1.807) is 42.5 Å². The fourth-order valence-electron chi connectivity index (χ4n) is 5.70. The number of hydrogen-bond donors (Lipinski definition) is 3. The molecular weight excluding hydrogens is 536 g/mol. The molecule has 1 unspecified atom stereocenters. The smallest absolute Gasteiger partial charge is 0.261 e. The summed E-state index contributed by atoms with van der Waals surface area (Å²) in [6, 6.07) is 13.6. The summed E-state index contributed by atoms with van der Waals surface area (Å²) in [5, 5.41) is 22.5. The first-order valence-electron chi connectivity index (χ1n) is 13.9. The number of aliphatic hydroxyl groups excluding tert-OH is 1. The number of nitriles is 1. The average molecular weight is 567 g/mol. The van der Waals surface area contributed by atoms with Crippen LogP contribution in [-0.2, 0) is 6.42 Å². The first-order valence-corrected chi connectivity index (χ1v) is 13.9. The maximum Gasteiger partial charge on any atom is 0.261 e. The largest absolute Gasteiger partial charge is 0.491 e. The third-order valence-corrected chi connectivity index (χ3v) is 7.99. The number of aromatic amines is 1. The van der Waals surface area contributed by atoms with Gasteiger partial charge in [0.2, 0.25) is 0 Å².